The summed E-state index contributed by atoms with van der Waals surface area (Å²) < 4.78 is 10.8. The van der Waals surface area contributed by atoms with Crippen LogP contribution in [0.3, 0.4) is 0 Å². The summed E-state index contributed by atoms with van der Waals surface area (Å²) in [5.74, 6) is -0.754. The molecular formula is C22H32O5. The van der Waals surface area contributed by atoms with E-state index in [1.807, 2.05) is 0 Å². The molecule has 0 bridgehead atoms. The van der Waals surface area contributed by atoms with E-state index in [-0.39, 0.29) is 11.3 Å². The van der Waals surface area contributed by atoms with Gasteiger partial charge in [-0.05, 0) is 44.5 Å². The van der Waals surface area contributed by atoms with Gasteiger partial charge in [0.05, 0.1) is 6.61 Å². The van der Waals surface area contributed by atoms with Crippen LogP contribution >= 0.6 is 0 Å². The maximum atomic E-state index is 11.9. The molecule has 0 spiro atoms. The van der Waals surface area contributed by atoms with Crippen LogP contribution in [0.2, 0.25) is 0 Å². The third-order valence-electron chi connectivity index (χ3n) is 4.22. The number of ketones is 1. The van der Waals surface area contributed by atoms with Gasteiger partial charge in [-0.15, -0.1) is 0 Å². The minimum atomic E-state index is -0.866. The zero-order chi connectivity index (χ0) is 20.1. The van der Waals surface area contributed by atoms with Gasteiger partial charge in [-0.25, -0.2) is 4.79 Å². The van der Waals surface area contributed by atoms with Crippen molar-refractivity contribution < 1.29 is 24.2 Å². The van der Waals surface area contributed by atoms with Crippen molar-refractivity contribution in [3.63, 3.8) is 0 Å². The number of esters is 1. The van der Waals surface area contributed by atoms with E-state index in [1.54, 1.807) is 24.3 Å². The van der Waals surface area contributed by atoms with Crippen molar-refractivity contribution in [3.05, 3.63) is 35.6 Å². The van der Waals surface area contributed by atoms with Crippen molar-refractivity contribution in [1.82, 2.24) is 0 Å². The molecule has 1 N–H and O–H groups in total. The number of aliphatic hydroxyl groups excluding tert-OH is 1. The van der Waals surface area contributed by atoms with E-state index < -0.39 is 11.8 Å². The normalized spacial score (nSPS) is 11.7. The number of benzene rings is 1. The average Bonchev–Trinajstić information content (AvgIpc) is 2.61. The molecule has 1 rings (SSSR count). The lowest BCUT2D eigenvalue weighted by atomic mass is 10.1. The van der Waals surface area contributed by atoms with Crippen LogP contribution in [0.4, 0.5) is 0 Å². The second-order valence-corrected chi connectivity index (χ2v) is 6.70. The number of unbranched alkanes of at least 4 members (excludes halogenated alkanes) is 7. The highest BCUT2D eigenvalue weighted by molar-refractivity contribution is 6.17. The first kappa shape index (κ1) is 22.7. The van der Waals surface area contributed by atoms with Gasteiger partial charge in [-0.1, -0.05) is 51.9 Å². The SMILES string of the molecule is CCCCCCCCCCOc1ccc(OC(=O)/C(C(C)=O)=C(/C)O)cc1. The molecule has 5 nitrogen and oxygen atoms in total. The van der Waals surface area contributed by atoms with Crippen molar-refractivity contribution in [3.8, 4) is 11.5 Å². The molecule has 0 unspecified atom stereocenters. The van der Waals surface area contributed by atoms with Gasteiger partial charge in [0.25, 0.3) is 0 Å². The maximum absolute atomic E-state index is 11.9. The van der Waals surface area contributed by atoms with Crippen LogP contribution in [0.15, 0.2) is 35.6 Å². The Morgan fingerprint density at radius 1 is 0.852 bits per heavy atom. The molecule has 0 radical (unpaired) electrons. The Morgan fingerprint density at radius 3 is 1.89 bits per heavy atom. The fourth-order valence-corrected chi connectivity index (χ4v) is 2.73. The minimum Gasteiger partial charge on any atom is -0.512 e. The molecule has 0 saturated heterocycles. The Hall–Kier alpha value is -2.30. The topological polar surface area (TPSA) is 72.8 Å². The van der Waals surface area contributed by atoms with Gasteiger partial charge in [0.15, 0.2) is 5.78 Å². The van der Waals surface area contributed by atoms with E-state index >= 15 is 0 Å². The van der Waals surface area contributed by atoms with Crippen LogP contribution in [-0.4, -0.2) is 23.5 Å². The maximum Gasteiger partial charge on any atom is 0.350 e. The predicted octanol–water partition coefficient (Wildman–Crippen LogP) is 5.53. The van der Waals surface area contributed by atoms with Gasteiger partial charge in [0.1, 0.15) is 22.8 Å². The van der Waals surface area contributed by atoms with E-state index in [1.165, 1.54) is 58.8 Å². The summed E-state index contributed by atoms with van der Waals surface area (Å²) in [5.41, 5.74) is -0.343. The molecule has 1 aromatic carbocycles. The van der Waals surface area contributed by atoms with E-state index in [9.17, 15) is 14.7 Å². The summed E-state index contributed by atoms with van der Waals surface area (Å²) >= 11 is 0. The van der Waals surface area contributed by atoms with E-state index in [2.05, 4.69) is 6.92 Å². The van der Waals surface area contributed by atoms with Crippen LogP contribution in [0.5, 0.6) is 11.5 Å². The lowest BCUT2D eigenvalue weighted by Gasteiger charge is -2.09. The molecule has 0 aliphatic heterocycles. The fourth-order valence-electron chi connectivity index (χ4n) is 2.73. The summed E-state index contributed by atoms with van der Waals surface area (Å²) in [6, 6.07) is 6.64. The highest BCUT2D eigenvalue weighted by Crippen LogP contribution is 2.19. The summed E-state index contributed by atoms with van der Waals surface area (Å²) in [4.78, 5) is 23.3. The first-order chi connectivity index (χ1) is 13.0. The number of hydrogen-bond donors (Lipinski definition) is 1. The first-order valence-corrected chi connectivity index (χ1v) is 9.81. The number of carbonyl (C=O) groups excluding carboxylic acids is 2. The molecule has 0 aliphatic carbocycles. The molecule has 0 aromatic heterocycles. The lowest BCUT2D eigenvalue weighted by Crippen LogP contribution is -2.18. The average molecular weight is 376 g/mol. The standard InChI is InChI=1S/C22H32O5/c1-4-5-6-7-8-9-10-11-16-26-19-12-14-20(15-13-19)27-22(25)21(17(2)23)18(3)24/h12-15,23H,4-11,16H2,1-3H3/b21-17-. The smallest absolute Gasteiger partial charge is 0.350 e. The molecule has 27 heavy (non-hydrogen) atoms. The zero-order valence-electron chi connectivity index (χ0n) is 16.8. The highest BCUT2D eigenvalue weighted by atomic mass is 16.5. The molecule has 0 saturated carbocycles. The second-order valence-electron chi connectivity index (χ2n) is 6.70. The van der Waals surface area contributed by atoms with Gasteiger partial charge in [-0.2, -0.15) is 0 Å². The van der Waals surface area contributed by atoms with Crippen molar-refractivity contribution >= 4 is 11.8 Å². The van der Waals surface area contributed by atoms with Crippen LogP contribution in [0.25, 0.3) is 0 Å². The lowest BCUT2D eigenvalue weighted by molar-refractivity contribution is -0.132. The molecule has 0 atom stereocenters. The van der Waals surface area contributed by atoms with Crippen LogP contribution in [0.1, 0.15) is 72.1 Å². The molecule has 0 fully saturated rings. The second kappa shape index (κ2) is 13.0. The summed E-state index contributed by atoms with van der Waals surface area (Å²) in [7, 11) is 0. The molecule has 0 aliphatic rings. The predicted molar refractivity (Wildman–Crippen MR) is 106 cm³/mol. The summed E-state index contributed by atoms with van der Waals surface area (Å²) in [6.07, 6.45) is 10.0. The van der Waals surface area contributed by atoms with Crippen LogP contribution < -0.4 is 9.47 Å². The number of aliphatic hydroxyl groups is 1. The first-order valence-electron chi connectivity index (χ1n) is 9.81. The van der Waals surface area contributed by atoms with E-state index in [0.717, 1.165) is 6.42 Å². The van der Waals surface area contributed by atoms with Gasteiger partial charge < -0.3 is 14.6 Å². The number of allylic oxidation sites excluding steroid dienone is 1. The molecule has 150 valence electrons. The Morgan fingerprint density at radius 2 is 1.37 bits per heavy atom. The van der Waals surface area contributed by atoms with Crippen molar-refractivity contribution in [1.29, 1.82) is 0 Å². The fraction of sp³-hybridized carbons (Fsp3) is 0.545. The molecule has 0 heterocycles. The third-order valence-corrected chi connectivity index (χ3v) is 4.22. The number of hydrogen-bond acceptors (Lipinski definition) is 5. The van der Waals surface area contributed by atoms with E-state index in [4.69, 9.17) is 9.47 Å². The zero-order valence-corrected chi connectivity index (χ0v) is 16.8. The van der Waals surface area contributed by atoms with Gasteiger partial charge in [-0.3, -0.25) is 4.79 Å². The van der Waals surface area contributed by atoms with Gasteiger partial charge in [0, 0.05) is 0 Å². The van der Waals surface area contributed by atoms with Gasteiger partial charge in [0.2, 0.25) is 0 Å². The molecule has 5 heteroatoms. The number of rotatable bonds is 13. The van der Waals surface area contributed by atoms with E-state index in [0.29, 0.717) is 18.1 Å². The Labute approximate surface area is 162 Å². The Bertz CT molecular complexity index is 612. The Kier molecular flexibility index (Phi) is 10.9. The number of ether oxygens (including phenoxy) is 2. The number of Topliss-reactive ketones (excluding diaryl/α,β-unsaturated/α-hetero) is 1. The van der Waals surface area contributed by atoms with Crippen molar-refractivity contribution in [2.24, 2.45) is 0 Å². The van der Waals surface area contributed by atoms with Gasteiger partial charge >= 0.3 is 5.97 Å². The third kappa shape index (κ3) is 9.27. The summed E-state index contributed by atoms with van der Waals surface area (Å²) in [5, 5.41) is 9.43. The highest BCUT2D eigenvalue weighted by Gasteiger charge is 2.20. The molecule has 1 aromatic rings. The van der Waals surface area contributed by atoms with Crippen LogP contribution in [0, 0.1) is 0 Å². The monoisotopic (exact) mass is 376 g/mol. The molecular weight excluding hydrogens is 344 g/mol. The summed E-state index contributed by atoms with van der Waals surface area (Å²) in [6.45, 7) is 5.37. The van der Waals surface area contributed by atoms with Crippen LogP contribution in [-0.2, 0) is 9.59 Å². The van der Waals surface area contributed by atoms with Crippen molar-refractivity contribution in [2.45, 2.75) is 72.1 Å². The quantitative estimate of drug-likeness (QED) is 0.0931. The van der Waals surface area contributed by atoms with Crippen molar-refractivity contribution in [2.75, 3.05) is 6.61 Å². The minimum absolute atomic E-state index is 0.291. The number of carbonyl (C=O) groups is 2. The largest absolute Gasteiger partial charge is 0.512 e. The molecule has 0 amide bonds. The Balaban J connectivity index is 2.31.